The highest BCUT2D eigenvalue weighted by Gasteiger charge is 2.25. The van der Waals surface area contributed by atoms with Gasteiger partial charge >= 0.3 is 0 Å². The van der Waals surface area contributed by atoms with Gasteiger partial charge in [-0.25, -0.2) is 4.98 Å². The van der Waals surface area contributed by atoms with Crippen molar-refractivity contribution in [2.75, 3.05) is 38.3 Å². The molecule has 2 N–H and O–H groups in total. The maximum Gasteiger partial charge on any atom is 0.195 e. The second-order valence-electron chi connectivity index (χ2n) is 4.59. The van der Waals surface area contributed by atoms with E-state index in [4.69, 9.17) is 9.72 Å². The number of nitrogens with zero attached hydrogens (tertiary/aromatic N) is 3. The normalized spacial score (nSPS) is 20.3. The maximum absolute atomic E-state index is 9.24. The van der Waals surface area contributed by atoms with Gasteiger partial charge < -0.3 is 20.1 Å². The number of anilines is 1. The van der Waals surface area contributed by atoms with Gasteiger partial charge in [0.2, 0.25) is 0 Å². The minimum Gasteiger partial charge on any atom is -0.394 e. The summed E-state index contributed by atoms with van der Waals surface area (Å²) in [6.07, 6.45) is 1.93. The summed E-state index contributed by atoms with van der Waals surface area (Å²) in [6, 6.07) is 0. The molecule has 1 atom stereocenters. The molecule has 1 fully saturated rings. The highest BCUT2D eigenvalue weighted by atomic mass is 32.1. The minimum absolute atomic E-state index is 0.0556. The number of ether oxygens (including phenoxy) is 1. The Morgan fingerprint density at radius 2 is 2.53 bits per heavy atom. The lowest BCUT2D eigenvalue weighted by molar-refractivity contribution is 0.00334. The Morgan fingerprint density at radius 3 is 3.32 bits per heavy atom. The smallest absolute Gasteiger partial charge is 0.195 e. The van der Waals surface area contributed by atoms with Crippen molar-refractivity contribution in [1.82, 2.24) is 14.7 Å². The first kappa shape index (κ1) is 12.9. The topological polar surface area (TPSA) is 62.0 Å². The van der Waals surface area contributed by atoms with Crippen molar-refractivity contribution in [3.63, 3.8) is 0 Å². The molecule has 0 aromatic carbocycles. The molecule has 1 saturated heterocycles. The summed E-state index contributed by atoms with van der Waals surface area (Å²) in [7, 11) is 1.94. The number of imidazole rings is 1. The van der Waals surface area contributed by atoms with Crippen LogP contribution >= 0.6 is 11.3 Å². The number of aliphatic hydroxyl groups excluding tert-OH is 1. The third kappa shape index (κ3) is 2.34. The van der Waals surface area contributed by atoms with Gasteiger partial charge in [0.15, 0.2) is 10.8 Å². The third-order valence-electron chi connectivity index (χ3n) is 3.33. The Labute approximate surface area is 115 Å². The number of aromatic nitrogens is 2. The molecule has 1 aliphatic heterocycles. The van der Waals surface area contributed by atoms with Crippen molar-refractivity contribution < 1.29 is 9.84 Å². The Bertz CT molecular complexity index is 553. The zero-order valence-electron chi connectivity index (χ0n) is 10.9. The van der Waals surface area contributed by atoms with Gasteiger partial charge in [0, 0.05) is 31.2 Å². The number of fused-ring (bicyclic) bond motifs is 1. The third-order valence-corrected chi connectivity index (χ3v) is 4.08. The van der Waals surface area contributed by atoms with Gasteiger partial charge in [0.05, 0.1) is 25.0 Å². The highest BCUT2D eigenvalue weighted by molar-refractivity contribution is 7.15. The quantitative estimate of drug-likeness (QED) is 0.845. The average Bonchev–Trinajstić information content (AvgIpc) is 3.02. The molecular weight excluding hydrogens is 264 g/mol. The standard InChI is InChI=1S/C12H18N4O2S/c1-13-6-10-11(14-12-16(10)3-5-19-12)15-2-4-18-9(7-15)8-17/h3,5,9,13,17H,2,4,6-8H2,1H3. The highest BCUT2D eigenvalue weighted by Crippen LogP contribution is 2.26. The van der Waals surface area contributed by atoms with Crippen LogP contribution in [-0.2, 0) is 11.3 Å². The summed E-state index contributed by atoms with van der Waals surface area (Å²) in [5.41, 5.74) is 1.16. The lowest BCUT2D eigenvalue weighted by Gasteiger charge is -2.32. The van der Waals surface area contributed by atoms with Crippen molar-refractivity contribution in [2.45, 2.75) is 12.6 Å². The van der Waals surface area contributed by atoms with Crippen molar-refractivity contribution in [3.05, 3.63) is 17.3 Å². The summed E-state index contributed by atoms with van der Waals surface area (Å²) < 4.78 is 7.62. The molecule has 3 heterocycles. The van der Waals surface area contributed by atoms with E-state index in [-0.39, 0.29) is 12.7 Å². The minimum atomic E-state index is -0.115. The number of thiazole rings is 1. The van der Waals surface area contributed by atoms with Crippen LogP contribution in [0.1, 0.15) is 5.69 Å². The lowest BCUT2D eigenvalue weighted by atomic mass is 10.2. The van der Waals surface area contributed by atoms with Crippen LogP contribution < -0.4 is 10.2 Å². The summed E-state index contributed by atoms with van der Waals surface area (Å²) in [5, 5.41) is 14.5. The predicted molar refractivity (Wildman–Crippen MR) is 74.9 cm³/mol. The van der Waals surface area contributed by atoms with E-state index >= 15 is 0 Å². The fourth-order valence-corrected chi connectivity index (χ4v) is 3.16. The zero-order chi connectivity index (χ0) is 13.2. The largest absolute Gasteiger partial charge is 0.394 e. The molecule has 0 radical (unpaired) electrons. The van der Waals surface area contributed by atoms with E-state index in [1.165, 1.54) is 0 Å². The van der Waals surface area contributed by atoms with Crippen LogP contribution in [0.25, 0.3) is 4.96 Å². The molecule has 6 nitrogen and oxygen atoms in total. The van der Waals surface area contributed by atoms with Crippen LogP contribution in [0, 0.1) is 0 Å². The van der Waals surface area contributed by atoms with Crippen LogP contribution in [0.4, 0.5) is 5.82 Å². The van der Waals surface area contributed by atoms with Gasteiger partial charge in [0.1, 0.15) is 0 Å². The van der Waals surface area contributed by atoms with Gasteiger partial charge in [-0.15, -0.1) is 11.3 Å². The molecule has 1 unspecified atom stereocenters. The van der Waals surface area contributed by atoms with E-state index in [1.807, 2.05) is 18.6 Å². The first-order valence-corrected chi connectivity index (χ1v) is 7.28. The number of aliphatic hydroxyl groups is 1. The molecule has 0 aliphatic carbocycles. The molecule has 2 aromatic rings. The van der Waals surface area contributed by atoms with Crippen molar-refractivity contribution in [1.29, 1.82) is 0 Å². The number of morpholine rings is 1. The van der Waals surface area contributed by atoms with E-state index in [0.29, 0.717) is 13.2 Å². The zero-order valence-corrected chi connectivity index (χ0v) is 11.7. The molecule has 0 amide bonds. The molecule has 0 saturated carbocycles. The van der Waals surface area contributed by atoms with Gasteiger partial charge in [-0.2, -0.15) is 0 Å². The lowest BCUT2D eigenvalue weighted by Crippen LogP contribution is -2.44. The maximum atomic E-state index is 9.24. The number of nitrogens with one attached hydrogen (secondary N) is 1. The Hall–Kier alpha value is -1.15. The Morgan fingerprint density at radius 1 is 1.63 bits per heavy atom. The molecule has 0 bridgehead atoms. The summed E-state index contributed by atoms with van der Waals surface area (Å²) in [5.74, 6) is 1.00. The van der Waals surface area contributed by atoms with Gasteiger partial charge in [-0.3, -0.25) is 4.40 Å². The molecule has 19 heavy (non-hydrogen) atoms. The fourth-order valence-electron chi connectivity index (χ4n) is 2.43. The monoisotopic (exact) mass is 282 g/mol. The summed E-state index contributed by atoms with van der Waals surface area (Å²) in [4.78, 5) is 7.93. The molecule has 104 valence electrons. The van der Waals surface area contributed by atoms with Crippen molar-refractivity contribution in [2.24, 2.45) is 0 Å². The second-order valence-corrected chi connectivity index (χ2v) is 5.46. The summed E-state index contributed by atoms with van der Waals surface area (Å²) in [6.45, 7) is 2.97. The van der Waals surface area contributed by atoms with Crippen molar-refractivity contribution in [3.8, 4) is 0 Å². The number of rotatable bonds is 4. The van der Waals surface area contributed by atoms with Crippen molar-refractivity contribution >= 4 is 22.1 Å². The predicted octanol–water partition coefficient (Wildman–Crippen LogP) is 0.313. The number of hydrogen-bond donors (Lipinski definition) is 2. The first-order chi connectivity index (χ1) is 9.33. The molecular formula is C12H18N4O2S. The number of hydrogen-bond acceptors (Lipinski definition) is 6. The second kappa shape index (κ2) is 5.46. The molecule has 1 aliphatic rings. The van der Waals surface area contributed by atoms with Crippen LogP contribution in [0.5, 0.6) is 0 Å². The van der Waals surface area contributed by atoms with Gasteiger partial charge in [-0.1, -0.05) is 0 Å². The van der Waals surface area contributed by atoms with E-state index in [9.17, 15) is 5.11 Å². The van der Waals surface area contributed by atoms with Crippen LogP contribution in [0.2, 0.25) is 0 Å². The van der Waals surface area contributed by atoms with Gasteiger partial charge in [-0.05, 0) is 7.05 Å². The molecule has 0 spiro atoms. The van der Waals surface area contributed by atoms with Crippen LogP contribution in [0.3, 0.4) is 0 Å². The average molecular weight is 282 g/mol. The summed E-state index contributed by atoms with van der Waals surface area (Å²) >= 11 is 1.64. The van der Waals surface area contributed by atoms with E-state index in [1.54, 1.807) is 11.3 Å². The van der Waals surface area contributed by atoms with E-state index < -0.39 is 0 Å². The van der Waals surface area contributed by atoms with E-state index in [2.05, 4.69) is 14.6 Å². The molecule has 2 aromatic heterocycles. The molecule has 7 heteroatoms. The SMILES string of the molecule is CNCc1c(N2CCOC(CO)C2)nc2sccn12. The van der Waals surface area contributed by atoms with Crippen LogP contribution in [-0.4, -0.2) is 53.9 Å². The first-order valence-electron chi connectivity index (χ1n) is 6.40. The van der Waals surface area contributed by atoms with E-state index in [0.717, 1.165) is 29.6 Å². The Kier molecular flexibility index (Phi) is 3.69. The van der Waals surface area contributed by atoms with Crippen LogP contribution in [0.15, 0.2) is 11.6 Å². The van der Waals surface area contributed by atoms with Gasteiger partial charge in [0.25, 0.3) is 0 Å². The fraction of sp³-hybridized carbons (Fsp3) is 0.583. The molecule has 3 rings (SSSR count). The Balaban J connectivity index is 1.94.